The van der Waals surface area contributed by atoms with Crippen LogP contribution in [0.3, 0.4) is 0 Å². The fourth-order valence-corrected chi connectivity index (χ4v) is 3.58. The number of carbonyl (C=O) groups excluding carboxylic acids is 1. The molecule has 0 saturated carbocycles. The molecule has 9 heteroatoms. The quantitative estimate of drug-likeness (QED) is 0.595. The van der Waals surface area contributed by atoms with Crippen LogP contribution in [0, 0.1) is 11.6 Å². The molecule has 0 bridgehead atoms. The van der Waals surface area contributed by atoms with E-state index in [-0.39, 0.29) is 23.2 Å². The third-order valence-electron chi connectivity index (χ3n) is 5.06. The molecule has 2 heterocycles. The summed E-state index contributed by atoms with van der Waals surface area (Å²) in [5.74, 6) is -1.67. The summed E-state index contributed by atoms with van der Waals surface area (Å²) >= 11 is 0. The van der Waals surface area contributed by atoms with Gasteiger partial charge in [-0.15, -0.1) is 0 Å². The second-order valence-corrected chi connectivity index (χ2v) is 7.12. The van der Waals surface area contributed by atoms with E-state index < -0.39 is 17.5 Å². The standard InChI is InChI=1S/C21H21F2N5O2/c22-13-5-8-17(16(23)10-13)30-15-6-3-12(4-7-15)19-18(21(25)29)20(24)28(27-19)14-2-1-9-26-11-14/h3-8,10,14,26H,1-2,9,11,24H2,(H2,25,29). The number of aromatic nitrogens is 2. The molecular formula is C21H21F2N5O2. The fourth-order valence-electron chi connectivity index (χ4n) is 3.58. The molecule has 1 fully saturated rings. The molecule has 2 aromatic carbocycles. The molecule has 0 radical (unpaired) electrons. The zero-order chi connectivity index (χ0) is 21.3. The lowest BCUT2D eigenvalue weighted by molar-refractivity contribution is 0.100. The van der Waals surface area contributed by atoms with Crippen LogP contribution in [0.25, 0.3) is 11.3 Å². The summed E-state index contributed by atoms with van der Waals surface area (Å²) in [4.78, 5) is 12.1. The molecule has 1 amide bonds. The maximum Gasteiger partial charge on any atom is 0.254 e. The number of ether oxygens (including phenoxy) is 1. The number of amides is 1. The lowest BCUT2D eigenvalue weighted by Crippen LogP contribution is -2.32. The zero-order valence-corrected chi connectivity index (χ0v) is 16.1. The Morgan fingerprint density at radius 3 is 2.60 bits per heavy atom. The highest BCUT2D eigenvalue weighted by Gasteiger charge is 2.26. The molecule has 1 unspecified atom stereocenters. The molecule has 0 spiro atoms. The summed E-state index contributed by atoms with van der Waals surface area (Å²) in [5.41, 5.74) is 12.9. The van der Waals surface area contributed by atoms with Crippen LogP contribution < -0.4 is 21.5 Å². The third kappa shape index (κ3) is 3.84. The first kappa shape index (κ1) is 19.8. The minimum Gasteiger partial charge on any atom is -0.454 e. The summed E-state index contributed by atoms with van der Waals surface area (Å²) in [6, 6.07) is 9.66. The molecular weight excluding hydrogens is 392 g/mol. The number of nitrogens with one attached hydrogen (secondary N) is 1. The van der Waals surface area contributed by atoms with Crippen molar-refractivity contribution in [3.63, 3.8) is 0 Å². The average molecular weight is 413 g/mol. The minimum absolute atomic E-state index is 0.0367. The Bertz CT molecular complexity index is 1080. The van der Waals surface area contributed by atoms with Crippen LogP contribution in [0.2, 0.25) is 0 Å². The van der Waals surface area contributed by atoms with Crippen molar-refractivity contribution in [2.75, 3.05) is 18.8 Å². The summed E-state index contributed by atoms with van der Waals surface area (Å²) < 4.78 is 34.0. The molecule has 30 heavy (non-hydrogen) atoms. The van der Waals surface area contributed by atoms with E-state index in [1.807, 2.05) is 0 Å². The Kier molecular flexibility index (Phi) is 5.37. The van der Waals surface area contributed by atoms with Gasteiger partial charge >= 0.3 is 0 Å². The van der Waals surface area contributed by atoms with Crippen molar-refractivity contribution in [3.05, 3.63) is 59.7 Å². The first-order chi connectivity index (χ1) is 14.4. The zero-order valence-electron chi connectivity index (χ0n) is 16.1. The van der Waals surface area contributed by atoms with Crippen LogP contribution in [0.15, 0.2) is 42.5 Å². The van der Waals surface area contributed by atoms with E-state index in [1.54, 1.807) is 28.9 Å². The summed E-state index contributed by atoms with van der Waals surface area (Å²) in [6.45, 7) is 1.64. The van der Waals surface area contributed by atoms with E-state index in [0.717, 1.165) is 31.5 Å². The van der Waals surface area contributed by atoms with Gasteiger partial charge in [0, 0.05) is 18.2 Å². The van der Waals surface area contributed by atoms with Gasteiger partial charge in [0.05, 0.1) is 6.04 Å². The van der Waals surface area contributed by atoms with Crippen molar-refractivity contribution in [2.24, 2.45) is 5.73 Å². The van der Waals surface area contributed by atoms with Crippen LogP contribution in [-0.4, -0.2) is 28.8 Å². The molecule has 7 nitrogen and oxygen atoms in total. The summed E-state index contributed by atoms with van der Waals surface area (Å²) in [5, 5.41) is 7.86. The van der Waals surface area contributed by atoms with Crippen molar-refractivity contribution in [1.29, 1.82) is 0 Å². The second kappa shape index (κ2) is 8.11. The monoisotopic (exact) mass is 413 g/mol. The van der Waals surface area contributed by atoms with Crippen LogP contribution in [-0.2, 0) is 0 Å². The number of carbonyl (C=O) groups is 1. The van der Waals surface area contributed by atoms with Crippen LogP contribution in [0.4, 0.5) is 14.6 Å². The van der Waals surface area contributed by atoms with Crippen LogP contribution in [0.5, 0.6) is 11.5 Å². The lowest BCUT2D eigenvalue weighted by Gasteiger charge is -2.23. The predicted octanol–water partition coefficient (Wildman–Crippen LogP) is 3.23. The van der Waals surface area contributed by atoms with Gasteiger partial charge in [0.1, 0.15) is 28.6 Å². The molecule has 156 valence electrons. The number of benzene rings is 2. The van der Waals surface area contributed by atoms with Gasteiger partial charge in [0.2, 0.25) is 0 Å². The van der Waals surface area contributed by atoms with E-state index >= 15 is 0 Å². The van der Waals surface area contributed by atoms with Crippen molar-refractivity contribution in [1.82, 2.24) is 15.1 Å². The van der Waals surface area contributed by atoms with E-state index in [0.29, 0.717) is 23.6 Å². The minimum atomic E-state index is -0.803. The van der Waals surface area contributed by atoms with E-state index in [2.05, 4.69) is 10.4 Å². The number of primary amides is 1. The maximum atomic E-state index is 13.8. The molecule has 1 saturated heterocycles. The van der Waals surface area contributed by atoms with Crippen molar-refractivity contribution >= 4 is 11.7 Å². The number of hydrogen-bond acceptors (Lipinski definition) is 5. The van der Waals surface area contributed by atoms with Gasteiger partial charge in [0.25, 0.3) is 5.91 Å². The van der Waals surface area contributed by atoms with Crippen molar-refractivity contribution < 1.29 is 18.3 Å². The Labute approximate surface area is 171 Å². The Morgan fingerprint density at radius 1 is 1.20 bits per heavy atom. The van der Waals surface area contributed by atoms with Gasteiger partial charge in [-0.3, -0.25) is 4.79 Å². The molecule has 1 aromatic heterocycles. The van der Waals surface area contributed by atoms with Gasteiger partial charge in [0.15, 0.2) is 11.6 Å². The lowest BCUT2D eigenvalue weighted by atomic mass is 10.1. The third-order valence-corrected chi connectivity index (χ3v) is 5.06. The number of anilines is 1. The fraction of sp³-hybridized carbons (Fsp3) is 0.238. The Morgan fingerprint density at radius 2 is 1.97 bits per heavy atom. The van der Waals surface area contributed by atoms with Gasteiger partial charge in [-0.2, -0.15) is 5.10 Å². The first-order valence-corrected chi connectivity index (χ1v) is 9.56. The Balaban J connectivity index is 1.64. The molecule has 3 aromatic rings. The number of piperidine rings is 1. The van der Waals surface area contributed by atoms with Gasteiger partial charge in [-0.05, 0) is 55.8 Å². The number of rotatable bonds is 5. The predicted molar refractivity (Wildman–Crippen MR) is 108 cm³/mol. The first-order valence-electron chi connectivity index (χ1n) is 9.56. The van der Waals surface area contributed by atoms with Gasteiger partial charge in [-0.25, -0.2) is 13.5 Å². The molecule has 5 N–H and O–H groups in total. The number of nitrogens with two attached hydrogens (primary N) is 2. The molecule has 1 aliphatic heterocycles. The molecule has 1 atom stereocenters. The molecule has 1 aliphatic rings. The maximum absolute atomic E-state index is 13.8. The second-order valence-electron chi connectivity index (χ2n) is 7.12. The highest BCUT2D eigenvalue weighted by atomic mass is 19.1. The van der Waals surface area contributed by atoms with Gasteiger partial charge in [-0.1, -0.05) is 0 Å². The van der Waals surface area contributed by atoms with E-state index in [4.69, 9.17) is 16.2 Å². The van der Waals surface area contributed by atoms with Gasteiger partial charge < -0.3 is 21.5 Å². The number of nitrogens with zero attached hydrogens (tertiary/aromatic N) is 2. The molecule has 4 rings (SSSR count). The number of halogens is 2. The van der Waals surface area contributed by atoms with E-state index in [9.17, 15) is 13.6 Å². The molecule has 0 aliphatic carbocycles. The Hall–Kier alpha value is -3.46. The SMILES string of the molecule is NC(=O)c1c(-c2ccc(Oc3ccc(F)cc3F)cc2)nn(C2CCCNC2)c1N. The van der Waals surface area contributed by atoms with E-state index in [1.165, 1.54) is 6.07 Å². The van der Waals surface area contributed by atoms with Crippen LogP contribution >= 0.6 is 0 Å². The largest absolute Gasteiger partial charge is 0.454 e. The highest BCUT2D eigenvalue weighted by molar-refractivity contribution is 6.03. The number of nitrogen functional groups attached to an aromatic ring is 1. The topological polar surface area (TPSA) is 108 Å². The smallest absolute Gasteiger partial charge is 0.254 e. The number of hydrogen-bond donors (Lipinski definition) is 3. The van der Waals surface area contributed by atoms with Crippen molar-refractivity contribution in [2.45, 2.75) is 18.9 Å². The van der Waals surface area contributed by atoms with Crippen molar-refractivity contribution in [3.8, 4) is 22.8 Å². The van der Waals surface area contributed by atoms with Crippen LogP contribution in [0.1, 0.15) is 29.2 Å². The normalized spacial score (nSPS) is 16.4. The highest BCUT2D eigenvalue weighted by Crippen LogP contribution is 2.32. The summed E-state index contributed by atoms with van der Waals surface area (Å²) in [6.07, 6.45) is 1.88. The average Bonchev–Trinajstić information content (AvgIpc) is 3.09. The summed E-state index contributed by atoms with van der Waals surface area (Å²) in [7, 11) is 0.